The number of H-pyrrole nitrogens is 1. The molecule has 108 valence electrons. The lowest BCUT2D eigenvalue weighted by Crippen LogP contribution is -2.34. The lowest BCUT2D eigenvalue weighted by atomic mass is 10.2. The first kappa shape index (κ1) is 15.0. The predicted octanol–water partition coefficient (Wildman–Crippen LogP) is 4.04. The largest absolute Gasteiger partial charge is 0.340 e. The molecule has 0 aliphatic carbocycles. The van der Waals surface area contributed by atoms with Crippen LogP contribution in [0.4, 0.5) is 0 Å². The van der Waals surface area contributed by atoms with E-state index >= 15 is 0 Å². The molecule has 5 heteroatoms. The molecular weight excluding hydrogens is 318 g/mol. The number of aromatic nitrogens is 2. The van der Waals surface area contributed by atoms with Crippen LogP contribution in [0.3, 0.4) is 0 Å². The fourth-order valence-corrected chi connectivity index (χ4v) is 2.69. The number of amides is 1. The summed E-state index contributed by atoms with van der Waals surface area (Å²) in [6.45, 7) is 6.76. The number of nitrogens with zero attached hydrogens (tertiary/aromatic N) is 2. The van der Waals surface area contributed by atoms with Crippen molar-refractivity contribution in [3.05, 3.63) is 28.5 Å². The maximum absolute atomic E-state index is 12.1. The average Bonchev–Trinajstić information content (AvgIpc) is 2.86. The van der Waals surface area contributed by atoms with E-state index in [1.165, 1.54) is 0 Å². The van der Waals surface area contributed by atoms with Gasteiger partial charge in [0, 0.05) is 17.4 Å². The number of hydrogen-bond donors (Lipinski definition) is 1. The third-order valence-corrected chi connectivity index (χ3v) is 3.91. The number of hydrogen-bond acceptors (Lipinski definition) is 2. The van der Waals surface area contributed by atoms with E-state index in [2.05, 4.69) is 32.8 Å². The van der Waals surface area contributed by atoms with Crippen molar-refractivity contribution < 1.29 is 4.79 Å². The molecule has 2 aromatic rings. The van der Waals surface area contributed by atoms with Crippen molar-refractivity contribution >= 4 is 32.9 Å². The summed E-state index contributed by atoms with van der Waals surface area (Å²) in [7, 11) is 0. The predicted molar refractivity (Wildman–Crippen MR) is 84.5 cm³/mol. The van der Waals surface area contributed by atoms with Crippen LogP contribution in [0.2, 0.25) is 0 Å². The van der Waals surface area contributed by atoms with E-state index in [1.54, 1.807) is 0 Å². The standard InChI is InChI=1S/C15H20BrN3O/c1-4-8-19(14(20)5-2)10(3)15-17-12-7-6-11(16)9-13(12)18-15/h6-7,9-10H,4-5,8H2,1-3H3,(H,17,18)/t10-/m0/s1. The van der Waals surface area contributed by atoms with Crippen molar-refractivity contribution in [2.45, 2.75) is 39.7 Å². The van der Waals surface area contributed by atoms with Gasteiger partial charge in [-0.2, -0.15) is 0 Å². The summed E-state index contributed by atoms with van der Waals surface area (Å²) in [5, 5.41) is 0. The molecule has 0 aliphatic heterocycles. The van der Waals surface area contributed by atoms with Crippen molar-refractivity contribution in [1.82, 2.24) is 14.9 Å². The molecule has 1 atom stereocenters. The summed E-state index contributed by atoms with van der Waals surface area (Å²) < 4.78 is 1.02. The first-order chi connectivity index (χ1) is 9.56. The van der Waals surface area contributed by atoms with Crippen LogP contribution >= 0.6 is 15.9 Å². The van der Waals surface area contributed by atoms with E-state index in [0.717, 1.165) is 34.3 Å². The number of benzene rings is 1. The van der Waals surface area contributed by atoms with Crippen molar-refractivity contribution in [1.29, 1.82) is 0 Å². The minimum atomic E-state index is -0.0337. The smallest absolute Gasteiger partial charge is 0.222 e. The molecule has 0 spiro atoms. The minimum absolute atomic E-state index is 0.0337. The molecule has 20 heavy (non-hydrogen) atoms. The Hall–Kier alpha value is -1.36. The average molecular weight is 338 g/mol. The first-order valence-corrected chi connectivity index (χ1v) is 7.80. The second-order valence-corrected chi connectivity index (χ2v) is 5.82. The lowest BCUT2D eigenvalue weighted by Gasteiger charge is -2.27. The Morgan fingerprint density at radius 1 is 1.45 bits per heavy atom. The number of nitrogens with one attached hydrogen (secondary N) is 1. The van der Waals surface area contributed by atoms with Gasteiger partial charge in [0.25, 0.3) is 0 Å². The highest BCUT2D eigenvalue weighted by Gasteiger charge is 2.22. The number of imidazole rings is 1. The van der Waals surface area contributed by atoms with E-state index in [0.29, 0.717) is 6.42 Å². The highest BCUT2D eigenvalue weighted by atomic mass is 79.9. The summed E-state index contributed by atoms with van der Waals surface area (Å²) in [4.78, 5) is 21.9. The van der Waals surface area contributed by atoms with Gasteiger partial charge in [-0.3, -0.25) is 4.79 Å². The fraction of sp³-hybridized carbons (Fsp3) is 0.467. The van der Waals surface area contributed by atoms with Crippen LogP contribution in [0.5, 0.6) is 0 Å². The van der Waals surface area contributed by atoms with Gasteiger partial charge in [-0.1, -0.05) is 29.8 Å². The molecule has 2 rings (SSSR count). The van der Waals surface area contributed by atoms with Gasteiger partial charge in [-0.25, -0.2) is 4.98 Å². The Kier molecular flexibility index (Phi) is 4.81. The Morgan fingerprint density at radius 3 is 2.85 bits per heavy atom. The van der Waals surface area contributed by atoms with Crippen molar-refractivity contribution in [3.8, 4) is 0 Å². The third-order valence-electron chi connectivity index (χ3n) is 3.41. The number of carbonyl (C=O) groups excluding carboxylic acids is 1. The third kappa shape index (κ3) is 3.03. The summed E-state index contributed by atoms with van der Waals surface area (Å²) >= 11 is 3.45. The maximum Gasteiger partial charge on any atom is 0.222 e. The van der Waals surface area contributed by atoms with E-state index in [-0.39, 0.29) is 11.9 Å². The van der Waals surface area contributed by atoms with E-state index < -0.39 is 0 Å². The Balaban J connectivity index is 2.32. The molecule has 1 amide bonds. The number of aromatic amines is 1. The van der Waals surface area contributed by atoms with Gasteiger partial charge in [0.2, 0.25) is 5.91 Å². The quantitative estimate of drug-likeness (QED) is 0.895. The van der Waals surface area contributed by atoms with Gasteiger partial charge in [0.05, 0.1) is 17.1 Å². The lowest BCUT2D eigenvalue weighted by molar-refractivity contribution is -0.133. The molecule has 0 saturated heterocycles. The molecule has 0 aliphatic rings. The van der Waals surface area contributed by atoms with Crippen molar-refractivity contribution in [3.63, 3.8) is 0 Å². The number of halogens is 1. The van der Waals surface area contributed by atoms with Gasteiger partial charge in [0.1, 0.15) is 5.82 Å². The number of rotatable bonds is 5. The minimum Gasteiger partial charge on any atom is -0.340 e. The summed E-state index contributed by atoms with van der Waals surface area (Å²) in [5.41, 5.74) is 1.91. The van der Waals surface area contributed by atoms with Crippen LogP contribution in [0.25, 0.3) is 11.0 Å². The molecule has 1 heterocycles. The SMILES string of the molecule is CCCN(C(=O)CC)[C@@H](C)c1nc2ccc(Br)cc2[nH]1. The summed E-state index contributed by atoms with van der Waals surface area (Å²) in [6, 6.07) is 5.91. The Morgan fingerprint density at radius 2 is 2.20 bits per heavy atom. The van der Waals surface area contributed by atoms with Crippen LogP contribution in [-0.4, -0.2) is 27.3 Å². The van der Waals surface area contributed by atoms with Crippen molar-refractivity contribution in [2.75, 3.05) is 6.54 Å². The van der Waals surface area contributed by atoms with E-state index in [1.807, 2.05) is 36.9 Å². The van der Waals surface area contributed by atoms with Gasteiger partial charge < -0.3 is 9.88 Å². The van der Waals surface area contributed by atoms with Crippen LogP contribution in [0, 0.1) is 0 Å². The van der Waals surface area contributed by atoms with Crippen LogP contribution < -0.4 is 0 Å². The molecule has 1 N–H and O–H groups in total. The summed E-state index contributed by atoms with van der Waals surface area (Å²) in [5.74, 6) is 1.01. The Bertz CT molecular complexity index is 608. The van der Waals surface area contributed by atoms with E-state index in [4.69, 9.17) is 0 Å². The van der Waals surface area contributed by atoms with Crippen LogP contribution in [-0.2, 0) is 4.79 Å². The first-order valence-electron chi connectivity index (χ1n) is 7.01. The molecule has 1 aromatic carbocycles. The molecule has 0 saturated carbocycles. The van der Waals surface area contributed by atoms with Crippen LogP contribution in [0.1, 0.15) is 45.5 Å². The molecule has 0 fully saturated rings. The zero-order chi connectivity index (χ0) is 14.7. The van der Waals surface area contributed by atoms with Gasteiger partial charge in [0.15, 0.2) is 0 Å². The van der Waals surface area contributed by atoms with Crippen LogP contribution in [0.15, 0.2) is 22.7 Å². The van der Waals surface area contributed by atoms with Gasteiger partial charge in [-0.15, -0.1) is 0 Å². The second kappa shape index (κ2) is 6.39. The summed E-state index contributed by atoms with van der Waals surface area (Å²) in [6.07, 6.45) is 1.47. The fourth-order valence-electron chi connectivity index (χ4n) is 2.33. The highest BCUT2D eigenvalue weighted by molar-refractivity contribution is 9.10. The van der Waals surface area contributed by atoms with Gasteiger partial charge in [-0.05, 0) is 31.5 Å². The molecular formula is C15H20BrN3O. The van der Waals surface area contributed by atoms with Gasteiger partial charge >= 0.3 is 0 Å². The topological polar surface area (TPSA) is 49.0 Å². The highest BCUT2D eigenvalue weighted by Crippen LogP contribution is 2.24. The normalized spacial score (nSPS) is 12.6. The maximum atomic E-state index is 12.1. The van der Waals surface area contributed by atoms with E-state index in [9.17, 15) is 4.79 Å². The molecule has 0 radical (unpaired) electrons. The monoisotopic (exact) mass is 337 g/mol. The molecule has 0 bridgehead atoms. The number of carbonyl (C=O) groups is 1. The Labute approximate surface area is 127 Å². The molecule has 1 aromatic heterocycles. The zero-order valence-electron chi connectivity index (χ0n) is 12.1. The molecule has 4 nitrogen and oxygen atoms in total. The second-order valence-electron chi connectivity index (χ2n) is 4.90. The zero-order valence-corrected chi connectivity index (χ0v) is 13.7. The molecule has 0 unspecified atom stereocenters. The van der Waals surface area contributed by atoms with Crippen molar-refractivity contribution in [2.24, 2.45) is 0 Å². The number of fused-ring (bicyclic) bond motifs is 1.